The first-order valence-corrected chi connectivity index (χ1v) is 15.5. The van der Waals surface area contributed by atoms with Gasteiger partial charge in [-0.25, -0.2) is 0 Å². The van der Waals surface area contributed by atoms with Crippen LogP contribution in [0.15, 0.2) is 164 Å². The lowest BCUT2D eigenvalue weighted by Crippen LogP contribution is -1.97. The van der Waals surface area contributed by atoms with Crippen molar-refractivity contribution in [1.82, 2.24) is 9.13 Å². The molecule has 0 spiro atoms. The minimum absolute atomic E-state index is 0.652. The van der Waals surface area contributed by atoms with Crippen LogP contribution >= 0.6 is 0 Å². The Morgan fingerprint density at radius 2 is 1.02 bits per heavy atom. The maximum absolute atomic E-state index is 9.98. The SMILES string of the molecule is N#Cc1ccccc1-n1c2ccccc2c2ccc(-c3cccc(-c4cccc5c6ccccc6n(-c6ccccc6)c45)c3)cc21. The van der Waals surface area contributed by atoms with E-state index in [1.807, 2.05) is 24.3 Å². The number of fused-ring (bicyclic) bond motifs is 6. The van der Waals surface area contributed by atoms with E-state index in [2.05, 4.69) is 155 Å². The van der Waals surface area contributed by atoms with Crippen molar-refractivity contribution in [2.75, 3.05) is 0 Å². The summed E-state index contributed by atoms with van der Waals surface area (Å²) in [5.41, 5.74) is 11.9. The molecule has 0 aliphatic rings. The fraction of sp³-hybridized carbons (Fsp3) is 0. The third-order valence-electron chi connectivity index (χ3n) is 9.16. The number of para-hydroxylation sites is 5. The summed E-state index contributed by atoms with van der Waals surface area (Å²) in [4.78, 5) is 0. The van der Waals surface area contributed by atoms with Gasteiger partial charge in [-0.1, -0.05) is 115 Å². The van der Waals surface area contributed by atoms with Crippen LogP contribution in [0.5, 0.6) is 0 Å². The van der Waals surface area contributed by atoms with Crippen molar-refractivity contribution in [3.63, 3.8) is 0 Å². The van der Waals surface area contributed by atoms with E-state index in [4.69, 9.17) is 0 Å². The van der Waals surface area contributed by atoms with Crippen LogP contribution in [-0.4, -0.2) is 9.13 Å². The Hall–Kier alpha value is -6.37. The molecule has 9 rings (SSSR count). The highest BCUT2D eigenvalue weighted by Gasteiger charge is 2.18. The Labute approximate surface area is 266 Å². The highest BCUT2D eigenvalue weighted by molar-refractivity contribution is 6.14. The maximum Gasteiger partial charge on any atom is 0.101 e. The standard InChI is InChI=1S/C43H27N3/c44-28-32-12-4-7-21-39(32)46-41-23-9-5-17-35(41)37-25-24-30(27-42(37)46)29-13-10-14-31(26-29)34-19-11-20-38-36-18-6-8-22-40(36)45(43(34)38)33-15-2-1-3-16-33/h1-27H. The van der Waals surface area contributed by atoms with Crippen molar-refractivity contribution in [2.24, 2.45) is 0 Å². The van der Waals surface area contributed by atoms with Crippen LogP contribution in [-0.2, 0) is 0 Å². The van der Waals surface area contributed by atoms with Gasteiger partial charge in [-0.3, -0.25) is 0 Å². The van der Waals surface area contributed by atoms with Crippen LogP contribution < -0.4 is 0 Å². The molecule has 46 heavy (non-hydrogen) atoms. The fourth-order valence-electron chi connectivity index (χ4n) is 7.14. The molecule has 9 aromatic rings. The number of hydrogen-bond acceptors (Lipinski definition) is 1. The molecule has 0 amide bonds. The molecule has 0 bridgehead atoms. The van der Waals surface area contributed by atoms with Gasteiger partial charge < -0.3 is 9.13 Å². The molecule has 0 unspecified atom stereocenters. The lowest BCUT2D eigenvalue weighted by atomic mass is 9.96. The number of nitrogens with zero attached hydrogens (tertiary/aromatic N) is 3. The largest absolute Gasteiger partial charge is 0.309 e. The molecule has 0 fully saturated rings. The topological polar surface area (TPSA) is 33.6 Å². The zero-order valence-electron chi connectivity index (χ0n) is 24.9. The molecular formula is C43H27N3. The van der Waals surface area contributed by atoms with Gasteiger partial charge in [0, 0.05) is 32.8 Å². The van der Waals surface area contributed by atoms with Gasteiger partial charge in [0.25, 0.3) is 0 Å². The smallest absolute Gasteiger partial charge is 0.101 e. The molecule has 7 aromatic carbocycles. The second kappa shape index (κ2) is 10.4. The lowest BCUT2D eigenvalue weighted by Gasteiger charge is -2.13. The normalized spacial score (nSPS) is 11.5. The van der Waals surface area contributed by atoms with Gasteiger partial charge in [0.2, 0.25) is 0 Å². The summed E-state index contributed by atoms with van der Waals surface area (Å²) in [6.45, 7) is 0. The van der Waals surface area contributed by atoms with Crippen LogP contribution in [0.1, 0.15) is 5.56 Å². The van der Waals surface area contributed by atoms with Crippen molar-refractivity contribution in [2.45, 2.75) is 0 Å². The van der Waals surface area contributed by atoms with Crippen LogP contribution in [0.2, 0.25) is 0 Å². The van der Waals surface area contributed by atoms with Crippen LogP contribution in [0, 0.1) is 11.3 Å². The predicted molar refractivity (Wildman–Crippen MR) is 191 cm³/mol. The minimum Gasteiger partial charge on any atom is -0.309 e. The number of hydrogen-bond donors (Lipinski definition) is 0. The van der Waals surface area contributed by atoms with Gasteiger partial charge >= 0.3 is 0 Å². The van der Waals surface area contributed by atoms with Crippen molar-refractivity contribution in [3.8, 4) is 39.7 Å². The Bertz CT molecular complexity index is 2650. The van der Waals surface area contributed by atoms with E-state index >= 15 is 0 Å². The molecule has 0 atom stereocenters. The molecule has 0 N–H and O–H groups in total. The molecule has 0 saturated carbocycles. The van der Waals surface area contributed by atoms with Gasteiger partial charge in [0.1, 0.15) is 6.07 Å². The molecule has 2 aromatic heterocycles. The van der Waals surface area contributed by atoms with E-state index in [0.29, 0.717) is 5.56 Å². The molecule has 0 aliphatic heterocycles. The van der Waals surface area contributed by atoms with Crippen LogP contribution in [0.3, 0.4) is 0 Å². The lowest BCUT2D eigenvalue weighted by molar-refractivity contribution is 1.17. The van der Waals surface area contributed by atoms with Crippen LogP contribution in [0.25, 0.3) is 77.2 Å². The van der Waals surface area contributed by atoms with Gasteiger partial charge in [-0.05, 0) is 65.2 Å². The highest BCUT2D eigenvalue weighted by Crippen LogP contribution is 2.40. The Kier molecular flexibility index (Phi) is 5.88. The second-order valence-corrected chi connectivity index (χ2v) is 11.7. The predicted octanol–water partition coefficient (Wildman–Crippen LogP) is 11.1. The van der Waals surface area contributed by atoms with Gasteiger partial charge in [0.15, 0.2) is 0 Å². The summed E-state index contributed by atoms with van der Waals surface area (Å²) in [6.07, 6.45) is 0. The van der Waals surface area contributed by atoms with Crippen LogP contribution in [0.4, 0.5) is 0 Å². The first-order valence-electron chi connectivity index (χ1n) is 15.5. The molecule has 3 heteroatoms. The van der Waals surface area contributed by atoms with Crippen molar-refractivity contribution in [1.29, 1.82) is 5.26 Å². The monoisotopic (exact) mass is 585 g/mol. The summed E-state index contributed by atoms with van der Waals surface area (Å²) >= 11 is 0. The van der Waals surface area contributed by atoms with Gasteiger partial charge in [0.05, 0.1) is 33.3 Å². The highest BCUT2D eigenvalue weighted by atomic mass is 15.0. The molecule has 0 radical (unpaired) electrons. The van der Waals surface area contributed by atoms with E-state index in [-0.39, 0.29) is 0 Å². The molecular weight excluding hydrogens is 558 g/mol. The van der Waals surface area contributed by atoms with Gasteiger partial charge in [-0.2, -0.15) is 5.26 Å². The second-order valence-electron chi connectivity index (χ2n) is 11.7. The molecule has 0 aliphatic carbocycles. The van der Waals surface area contributed by atoms with Crippen molar-refractivity contribution in [3.05, 3.63) is 169 Å². The van der Waals surface area contributed by atoms with E-state index in [1.165, 1.54) is 43.7 Å². The fourth-order valence-corrected chi connectivity index (χ4v) is 7.14. The number of benzene rings is 7. The Morgan fingerprint density at radius 3 is 1.85 bits per heavy atom. The number of nitriles is 1. The van der Waals surface area contributed by atoms with E-state index in [0.717, 1.165) is 33.5 Å². The average Bonchev–Trinajstić information content (AvgIpc) is 3.64. The first kappa shape index (κ1) is 26.1. The summed E-state index contributed by atoms with van der Waals surface area (Å²) < 4.78 is 4.62. The maximum atomic E-state index is 9.98. The van der Waals surface area contributed by atoms with E-state index in [1.54, 1.807) is 0 Å². The molecule has 3 nitrogen and oxygen atoms in total. The third-order valence-corrected chi connectivity index (χ3v) is 9.16. The summed E-state index contributed by atoms with van der Waals surface area (Å²) in [5.74, 6) is 0. The zero-order valence-corrected chi connectivity index (χ0v) is 24.9. The molecule has 0 saturated heterocycles. The first-order chi connectivity index (χ1) is 22.8. The average molecular weight is 586 g/mol. The summed E-state index contributed by atoms with van der Waals surface area (Å²) in [5, 5.41) is 14.8. The third kappa shape index (κ3) is 3.91. The number of aromatic nitrogens is 2. The van der Waals surface area contributed by atoms with Gasteiger partial charge in [-0.15, -0.1) is 0 Å². The summed E-state index contributed by atoms with van der Waals surface area (Å²) in [6, 6.07) is 60.2. The van der Waals surface area contributed by atoms with E-state index in [9.17, 15) is 5.26 Å². The van der Waals surface area contributed by atoms with E-state index < -0.39 is 0 Å². The summed E-state index contributed by atoms with van der Waals surface area (Å²) in [7, 11) is 0. The van der Waals surface area contributed by atoms with Crippen molar-refractivity contribution < 1.29 is 0 Å². The molecule has 2 heterocycles. The zero-order chi connectivity index (χ0) is 30.6. The Balaban J connectivity index is 1.27. The number of rotatable bonds is 4. The van der Waals surface area contributed by atoms with Crippen molar-refractivity contribution >= 4 is 43.6 Å². The quantitative estimate of drug-likeness (QED) is 0.202. The Morgan fingerprint density at radius 1 is 0.413 bits per heavy atom. The minimum atomic E-state index is 0.652. The molecule has 214 valence electrons.